The molecule has 3 nitrogen and oxygen atoms in total. The normalized spacial score (nSPS) is 22.6. The van der Waals surface area contributed by atoms with Crippen molar-refractivity contribution in [3.05, 3.63) is 34.9 Å². The van der Waals surface area contributed by atoms with E-state index < -0.39 is 0 Å². The van der Waals surface area contributed by atoms with Crippen LogP contribution in [0.2, 0.25) is 0 Å². The molecule has 20 heavy (non-hydrogen) atoms. The average molecular weight is 275 g/mol. The van der Waals surface area contributed by atoms with E-state index in [4.69, 9.17) is 0 Å². The predicted molar refractivity (Wildman–Crippen MR) is 80.6 cm³/mol. The fourth-order valence-electron chi connectivity index (χ4n) is 2.93. The molecule has 1 aromatic rings. The maximum Gasteiger partial charge on any atom is 0.224 e. The van der Waals surface area contributed by atoms with Crippen LogP contribution in [-0.4, -0.2) is 23.7 Å². The van der Waals surface area contributed by atoms with Gasteiger partial charge >= 0.3 is 0 Å². The first-order valence-electron chi connectivity index (χ1n) is 7.55. The van der Waals surface area contributed by atoms with E-state index in [-0.39, 0.29) is 12.0 Å². The lowest BCUT2D eigenvalue weighted by Gasteiger charge is -2.25. The zero-order valence-corrected chi connectivity index (χ0v) is 12.5. The Balaban J connectivity index is 1.82. The summed E-state index contributed by atoms with van der Waals surface area (Å²) < 4.78 is 0. The first kappa shape index (κ1) is 15.0. The molecule has 1 aliphatic carbocycles. The van der Waals surface area contributed by atoms with Gasteiger partial charge in [-0.3, -0.25) is 4.79 Å². The standard InChI is InChI=1S/C17H25NO2/c1-12-6-7-13(2)15(8-12)10-17(20)18-11-14-4-3-5-16(19)9-14/h6-8,14,16,19H,3-5,9-11H2,1-2H3,(H,18,20). The summed E-state index contributed by atoms with van der Waals surface area (Å²) in [5.41, 5.74) is 3.46. The van der Waals surface area contributed by atoms with Crippen molar-refractivity contribution in [2.45, 2.75) is 52.1 Å². The minimum atomic E-state index is -0.176. The Kier molecular flexibility index (Phi) is 5.18. The molecule has 1 amide bonds. The highest BCUT2D eigenvalue weighted by Gasteiger charge is 2.20. The molecular formula is C17H25NO2. The number of carbonyl (C=O) groups is 1. The van der Waals surface area contributed by atoms with Gasteiger partial charge in [0.05, 0.1) is 12.5 Å². The SMILES string of the molecule is Cc1ccc(C)c(CC(=O)NCC2CCCC(O)C2)c1. The van der Waals surface area contributed by atoms with Crippen LogP contribution in [0.4, 0.5) is 0 Å². The third-order valence-electron chi connectivity index (χ3n) is 4.20. The molecule has 1 saturated carbocycles. The summed E-state index contributed by atoms with van der Waals surface area (Å²) in [5.74, 6) is 0.514. The van der Waals surface area contributed by atoms with Gasteiger partial charge in [0, 0.05) is 6.54 Å². The van der Waals surface area contributed by atoms with Gasteiger partial charge in [-0.05, 0) is 50.2 Å². The van der Waals surface area contributed by atoms with E-state index in [9.17, 15) is 9.90 Å². The fourth-order valence-corrected chi connectivity index (χ4v) is 2.93. The lowest BCUT2D eigenvalue weighted by Crippen LogP contribution is -2.33. The number of rotatable bonds is 4. The van der Waals surface area contributed by atoms with Crippen LogP contribution in [0.3, 0.4) is 0 Å². The van der Waals surface area contributed by atoms with E-state index in [1.807, 2.05) is 13.8 Å². The maximum absolute atomic E-state index is 12.0. The molecule has 0 aliphatic heterocycles. The second-order valence-corrected chi connectivity index (χ2v) is 6.10. The van der Waals surface area contributed by atoms with Gasteiger partial charge in [-0.25, -0.2) is 0 Å². The number of aliphatic hydroxyl groups is 1. The number of aliphatic hydroxyl groups excluding tert-OH is 1. The van der Waals surface area contributed by atoms with Gasteiger partial charge in [0.15, 0.2) is 0 Å². The number of benzene rings is 1. The van der Waals surface area contributed by atoms with Gasteiger partial charge in [-0.2, -0.15) is 0 Å². The van der Waals surface area contributed by atoms with Crippen molar-refractivity contribution in [2.75, 3.05) is 6.54 Å². The van der Waals surface area contributed by atoms with Crippen LogP contribution in [-0.2, 0) is 11.2 Å². The largest absolute Gasteiger partial charge is 0.393 e. The van der Waals surface area contributed by atoms with Crippen LogP contribution in [0.5, 0.6) is 0 Å². The van der Waals surface area contributed by atoms with Gasteiger partial charge < -0.3 is 10.4 Å². The van der Waals surface area contributed by atoms with Crippen LogP contribution in [0.15, 0.2) is 18.2 Å². The number of carbonyl (C=O) groups excluding carboxylic acids is 1. The molecule has 110 valence electrons. The maximum atomic E-state index is 12.0. The van der Waals surface area contributed by atoms with Crippen LogP contribution in [0.25, 0.3) is 0 Å². The summed E-state index contributed by atoms with van der Waals surface area (Å²) in [6.07, 6.45) is 4.18. The highest BCUT2D eigenvalue weighted by Crippen LogP contribution is 2.23. The fraction of sp³-hybridized carbons (Fsp3) is 0.588. The van der Waals surface area contributed by atoms with Crippen molar-refractivity contribution in [1.29, 1.82) is 0 Å². The van der Waals surface area contributed by atoms with Crippen LogP contribution < -0.4 is 5.32 Å². The van der Waals surface area contributed by atoms with Crippen LogP contribution >= 0.6 is 0 Å². The summed E-state index contributed by atoms with van der Waals surface area (Å²) in [5, 5.41) is 12.7. The molecule has 2 rings (SSSR count). The second-order valence-electron chi connectivity index (χ2n) is 6.10. The number of nitrogens with one attached hydrogen (secondary N) is 1. The molecule has 0 spiro atoms. The lowest BCUT2D eigenvalue weighted by atomic mass is 9.87. The lowest BCUT2D eigenvalue weighted by molar-refractivity contribution is -0.120. The van der Waals surface area contributed by atoms with E-state index in [1.54, 1.807) is 0 Å². The monoisotopic (exact) mass is 275 g/mol. The van der Waals surface area contributed by atoms with Gasteiger partial charge in [-0.15, -0.1) is 0 Å². The van der Waals surface area contributed by atoms with Crippen molar-refractivity contribution in [3.8, 4) is 0 Å². The van der Waals surface area contributed by atoms with Crippen LogP contribution in [0, 0.1) is 19.8 Å². The molecule has 3 heteroatoms. The molecule has 0 saturated heterocycles. The minimum absolute atomic E-state index is 0.0822. The number of aryl methyl sites for hydroxylation is 2. The molecule has 1 fully saturated rings. The molecule has 0 radical (unpaired) electrons. The van der Waals surface area contributed by atoms with E-state index in [0.29, 0.717) is 18.9 Å². The van der Waals surface area contributed by atoms with Crippen molar-refractivity contribution >= 4 is 5.91 Å². The Morgan fingerprint density at radius 1 is 1.35 bits per heavy atom. The summed E-state index contributed by atoms with van der Waals surface area (Å²) >= 11 is 0. The van der Waals surface area contributed by atoms with E-state index in [0.717, 1.165) is 31.2 Å². The van der Waals surface area contributed by atoms with Gasteiger partial charge in [-0.1, -0.05) is 30.2 Å². The molecule has 1 aromatic carbocycles. The van der Waals surface area contributed by atoms with Crippen molar-refractivity contribution < 1.29 is 9.90 Å². The molecule has 0 aromatic heterocycles. The molecule has 2 atom stereocenters. The topological polar surface area (TPSA) is 49.3 Å². The minimum Gasteiger partial charge on any atom is -0.393 e. The summed E-state index contributed by atoms with van der Waals surface area (Å²) in [6, 6.07) is 6.22. The molecule has 0 bridgehead atoms. The Hall–Kier alpha value is -1.35. The molecule has 2 unspecified atom stereocenters. The summed E-state index contributed by atoms with van der Waals surface area (Å²) in [6.45, 7) is 4.78. The third-order valence-corrected chi connectivity index (χ3v) is 4.20. The molecule has 1 aliphatic rings. The first-order chi connectivity index (χ1) is 9.54. The predicted octanol–water partition coefficient (Wildman–Crippen LogP) is 2.51. The summed E-state index contributed by atoms with van der Waals surface area (Å²) in [7, 11) is 0. The zero-order valence-electron chi connectivity index (χ0n) is 12.5. The smallest absolute Gasteiger partial charge is 0.224 e. The highest BCUT2D eigenvalue weighted by atomic mass is 16.3. The molecular weight excluding hydrogens is 250 g/mol. The van der Waals surface area contributed by atoms with E-state index >= 15 is 0 Å². The number of amides is 1. The average Bonchev–Trinajstić information content (AvgIpc) is 2.41. The van der Waals surface area contributed by atoms with Gasteiger partial charge in [0.2, 0.25) is 5.91 Å². The summed E-state index contributed by atoms with van der Waals surface area (Å²) in [4.78, 5) is 12.0. The highest BCUT2D eigenvalue weighted by molar-refractivity contribution is 5.79. The van der Waals surface area contributed by atoms with Crippen molar-refractivity contribution in [2.24, 2.45) is 5.92 Å². The van der Waals surface area contributed by atoms with Crippen molar-refractivity contribution in [1.82, 2.24) is 5.32 Å². The van der Waals surface area contributed by atoms with Crippen LogP contribution in [0.1, 0.15) is 42.4 Å². The Morgan fingerprint density at radius 3 is 2.90 bits per heavy atom. The Morgan fingerprint density at radius 2 is 2.15 bits per heavy atom. The number of hydrogen-bond acceptors (Lipinski definition) is 2. The Labute approximate surface area is 121 Å². The second kappa shape index (κ2) is 6.89. The van der Waals surface area contributed by atoms with Gasteiger partial charge in [0.25, 0.3) is 0 Å². The van der Waals surface area contributed by atoms with Gasteiger partial charge in [0.1, 0.15) is 0 Å². The van der Waals surface area contributed by atoms with E-state index in [2.05, 4.69) is 23.5 Å². The third kappa shape index (κ3) is 4.34. The quantitative estimate of drug-likeness (QED) is 0.887. The number of hydrogen-bond donors (Lipinski definition) is 2. The first-order valence-corrected chi connectivity index (χ1v) is 7.55. The molecule has 2 N–H and O–H groups in total. The molecule has 0 heterocycles. The Bertz CT molecular complexity index is 470. The van der Waals surface area contributed by atoms with E-state index in [1.165, 1.54) is 11.1 Å². The zero-order chi connectivity index (χ0) is 14.5. The van der Waals surface area contributed by atoms with Crippen molar-refractivity contribution in [3.63, 3.8) is 0 Å².